The monoisotopic (exact) mass is 543 g/mol. The first-order chi connectivity index (χ1) is 19.4. The molecule has 2 aromatic heterocycles. The molecule has 11 heteroatoms. The van der Waals surface area contributed by atoms with E-state index in [1.54, 1.807) is 13.3 Å². The Morgan fingerprint density at radius 2 is 1.90 bits per heavy atom. The minimum absolute atomic E-state index is 0.0920. The highest BCUT2D eigenvalue weighted by molar-refractivity contribution is 6.63. The summed E-state index contributed by atoms with van der Waals surface area (Å²) < 4.78 is 23.2. The Labute approximate surface area is 234 Å². The average Bonchev–Trinajstić information content (AvgIpc) is 3.49. The number of aliphatic hydroxyl groups is 1. The number of hydrogen-bond acceptors (Lipinski definition) is 10. The summed E-state index contributed by atoms with van der Waals surface area (Å²) in [5.74, 6) is 1.77. The summed E-state index contributed by atoms with van der Waals surface area (Å²) in [5.41, 5.74) is 3.33. The van der Waals surface area contributed by atoms with Crippen LogP contribution in [0.1, 0.15) is 49.6 Å². The van der Waals surface area contributed by atoms with Crippen molar-refractivity contribution in [2.75, 3.05) is 44.2 Å². The van der Waals surface area contributed by atoms with E-state index in [0.29, 0.717) is 37.4 Å². The molecule has 0 amide bonds. The number of pyridine rings is 2. The Hall–Kier alpha value is -3.51. The highest BCUT2D eigenvalue weighted by Crippen LogP contribution is 2.35. The number of aromatic nitrogens is 2. The minimum atomic E-state index is -0.584. The van der Waals surface area contributed by atoms with Crippen molar-refractivity contribution in [3.05, 3.63) is 71.5 Å². The Kier molecular flexibility index (Phi) is 7.22. The van der Waals surface area contributed by atoms with Crippen LogP contribution in [-0.4, -0.2) is 67.2 Å². The van der Waals surface area contributed by atoms with Crippen molar-refractivity contribution in [2.24, 2.45) is 4.99 Å². The van der Waals surface area contributed by atoms with E-state index in [0.717, 1.165) is 40.8 Å². The van der Waals surface area contributed by atoms with Gasteiger partial charge < -0.3 is 34.5 Å². The molecule has 40 heavy (non-hydrogen) atoms. The number of ether oxygens (including phenoxy) is 2. The molecule has 10 nitrogen and oxygen atoms in total. The van der Waals surface area contributed by atoms with Gasteiger partial charge in [0.1, 0.15) is 23.8 Å². The normalized spacial score (nSPS) is 19.6. The van der Waals surface area contributed by atoms with Crippen molar-refractivity contribution < 1.29 is 23.9 Å². The Morgan fingerprint density at radius 1 is 1.10 bits per heavy atom. The van der Waals surface area contributed by atoms with Crippen LogP contribution in [0.2, 0.25) is 0 Å². The number of nitrogens with one attached hydrogen (secondary N) is 2. The number of anilines is 3. The maximum Gasteiger partial charge on any atom is 0.496 e. The van der Waals surface area contributed by atoms with Crippen LogP contribution in [0.3, 0.4) is 0 Å². The Balaban J connectivity index is 1.33. The predicted molar refractivity (Wildman–Crippen MR) is 153 cm³/mol. The van der Waals surface area contributed by atoms with Gasteiger partial charge in [-0.3, -0.25) is 0 Å². The van der Waals surface area contributed by atoms with Gasteiger partial charge in [0, 0.05) is 38.0 Å². The largest absolute Gasteiger partial charge is 0.496 e. The minimum Gasteiger partial charge on any atom is -0.475 e. The topological polar surface area (TPSA) is 119 Å². The maximum absolute atomic E-state index is 10.3. The lowest BCUT2D eigenvalue weighted by Crippen LogP contribution is -2.35. The van der Waals surface area contributed by atoms with Gasteiger partial charge in [-0.05, 0) is 38.3 Å². The summed E-state index contributed by atoms with van der Waals surface area (Å²) in [6.45, 7) is 5.73. The molecule has 3 aromatic rings. The first-order valence-corrected chi connectivity index (χ1v) is 13.6. The van der Waals surface area contributed by atoms with Crippen molar-refractivity contribution in [3.8, 4) is 0 Å². The number of aliphatic imine (C=N–C) groups is 1. The third-order valence-corrected chi connectivity index (χ3v) is 7.71. The second-order valence-electron chi connectivity index (χ2n) is 10.9. The fourth-order valence-electron chi connectivity index (χ4n) is 5.45. The van der Waals surface area contributed by atoms with Crippen molar-refractivity contribution >= 4 is 35.8 Å². The zero-order valence-corrected chi connectivity index (χ0v) is 23.0. The van der Waals surface area contributed by atoms with Crippen LogP contribution in [0.15, 0.2) is 59.7 Å². The lowest BCUT2D eigenvalue weighted by molar-refractivity contribution is 0.0442. The molecular formula is C29H34BN5O5. The molecule has 6 rings (SSSR count). The zero-order chi connectivity index (χ0) is 27.7. The molecule has 1 spiro atoms. The second-order valence-corrected chi connectivity index (χ2v) is 10.9. The summed E-state index contributed by atoms with van der Waals surface area (Å²) >= 11 is 0. The van der Waals surface area contributed by atoms with Gasteiger partial charge in [-0.15, -0.1) is 0 Å². The van der Waals surface area contributed by atoms with E-state index in [1.165, 1.54) is 0 Å². The fraction of sp³-hybridized carbons (Fsp3) is 0.414. The number of aliphatic hydroxyl groups excluding tert-OH is 1. The highest BCUT2D eigenvalue weighted by atomic mass is 16.6. The van der Waals surface area contributed by atoms with Crippen LogP contribution in [0, 0.1) is 0 Å². The van der Waals surface area contributed by atoms with Gasteiger partial charge in [-0.25, -0.2) is 15.0 Å². The molecule has 1 saturated heterocycles. The first-order valence-electron chi connectivity index (χ1n) is 13.6. The van der Waals surface area contributed by atoms with Crippen molar-refractivity contribution in [3.63, 3.8) is 0 Å². The second kappa shape index (κ2) is 10.8. The molecule has 1 fully saturated rings. The lowest BCUT2D eigenvalue weighted by atomic mass is 9.80. The van der Waals surface area contributed by atoms with Gasteiger partial charge in [0.25, 0.3) is 0 Å². The van der Waals surface area contributed by atoms with Gasteiger partial charge in [-0.1, -0.05) is 36.4 Å². The van der Waals surface area contributed by atoms with E-state index in [9.17, 15) is 5.11 Å². The summed E-state index contributed by atoms with van der Waals surface area (Å²) in [6.07, 6.45) is 3.40. The van der Waals surface area contributed by atoms with E-state index in [1.807, 2.05) is 62.4 Å². The van der Waals surface area contributed by atoms with E-state index in [2.05, 4.69) is 15.6 Å². The van der Waals surface area contributed by atoms with Crippen LogP contribution in [0.5, 0.6) is 0 Å². The molecule has 208 valence electrons. The molecule has 1 aromatic carbocycles. The Bertz CT molecular complexity index is 1400. The number of rotatable bonds is 8. The standard InChI is InChI=1S/C29H34BN5O5/c1-28(2)26-21(30(37-3)40-28)9-10-24(34-26)33-25-15-22(32-23(17-36)19-7-5-4-6-8-19)20(16-31-25)27-35-29(18-39-27)11-13-38-14-12-29/h4-10,15-16,23,36H,11-14,17-18H2,1-3H3,(H2,31,32,33,34)/t23-/m1/s1. The highest BCUT2D eigenvalue weighted by Gasteiger charge is 2.43. The molecule has 0 unspecified atom stereocenters. The molecule has 0 saturated carbocycles. The molecule has 0 radical (unpaired) electrons. The smallest absolute Gasteiger partial charge is 0.475 e. The van der Waals surface area contributed by atoms with E-state index in [-0.39, 0.29) is 18.2 Å². The molecular weight excluding hydrogens is 509 g/mol. The molecule has 3 N–H and O–H groups in total. The molecule has 0 bridgehead atoms. The van der Waals surface area contributed by atoms with E-state index < -0.39 is 12.7 Å². The average molecular weight is 543 g/mol. The van der Waals surface area contributed by atoms with Crippen LogP contribution in [-0.2, 0) is 24.4 Å². The zero-order valence-electron chi connectivity index (χ0n) is 23.0. The number of benzene rings is 1. The van der Waals surface area contributed by atoms with Crippen LogP contribution in [0.25, 0.3) is 0 Å². The van der Waals surface area contributed by atoms with E-state index >= 15 is 0 Å². The van der Waals surface area contributed by atoms with Crippen molar-refractivity contribution in [2.45, 2.75) is 43.9 Å². The van der Waals surface area contributed by atoms with Gasteiger partial charge in [0.2, 0.25) is 5.90 Å². The fourth-order valence-corrected chi connectivity index (χ4v) is 5.45. The molecule has 3 aliphatic rings. The lowest BCUT2D eigenvalue weighted by Gasteiger charge is -2.28. The van der Waals surface area contributed by atoms with Crippen LogP contribution < -0.4 is 16.1 Å². The Morgan fingerprint density at radius 3 is 2.65 bits per heavy atom. The number of hydrogen-bond donors (Lipinski definition) is 3. The molecule has 0 aliphatic carbocycles. The summed E-state index contributed by atoms with van der Waals surface area (Å²) in [5, 5.41) is 17.1. The summed E-state index contributed by atoms with van der Waals surface area (Å²) in [6, 6.07) is 15.3. The summed E-state index contributed by atoms with van der Waals surface area (Å²) in [4.78, 5) is 14.5. The van der Waals surface area contributed by atoms with Gasteiger partial charge in [-0.2, -0.15) is 0 Å². The summed E-state index contributed by atoms with van der Waals surface area (Å²) in [7, 11) is 1.18. The van der Waals surface area contributed by atoms with E-state index in [4.69, 9.17) is 28.8 Å². The van der Waals surface area contributed by atoms with Crippen molar-refractivity contribution in [1.29, 1.82) is 0 Å². The SMILES string of the molecule is COB1OC(C)(C)c2nc(Nc3cc(N[C@H](CO)c4ccccc4)c(C4=NC5(CCOCC5)CO4)cn3)ccc21. The van der Waals surface area contributed by atoms with Gasteiger partial charge in [0.15, 0.2) is 0 Å². The van der Waals surface area contributed by atoms with Crippen LogP contribution in [0.4, 0.5) is 17.3 Å². The van der Waals surface area contributed by atoms with Crippen LogP contribution >= 0.6 is 0 Å². The van der Waals surface area contributed by atoms with Gasteiger partial charge in [0.05, 0.1) is 35.2 Å². The van der Waals surface area contributed by atoms with Gasteiger partial charge >= 0.3 is 7.12 Å². The third kappa shape index (κ3) is 5.17. The molecule has 1 atom stereocenters. The van der Waals surface area contributed by atoms with Crippen molar-refractivity contribution in [1.82, 2.24) is 9.97 Å². The molecule has 5 heterocycles. The number of fused-ring (bicyclic) bond motifs is 1. The third-order valence-electron chi connectivity index (χ3n) is 7.71. The predicted octanol–water partition coefficient (Wildman–Crippen LogP) is 3.30. The number of nitrogens with zero attached hydrogens (tertiary/aromatic N) is 3. The maximum atomic E-state index is 10.3. The molecule has 3 aliphatic heterocycles. The first kappa shape index (κ1) is 26.7. The quantitative estimate of drug-likeness (QED) is 0.368.